The van der Waals surface area contributed by atoms with Crippen LogP contribution in [0.5, 0.6) is 11.5 Å². The molecule has 0 unspecified atom stereocenters. The van der Waals surface area contributed by atoms with E-state index in [1.165, 1.54) is 0 Å². The third-order valence-corrected chi connectivity index (χ3v) is 2.61. The van der Waals surface area contributed by atoms with Crippen molar-refractivity contribution in [1.82, 2.24) is 0 Å². The molecule has 15 heavy (non-hydrogen) atoms. The van der Waals surface area contributed by atoms with Crippen LogP contribution in [0.3, 0.4) is 0 Å². The summed E-state index contributed by atoms with van der Waals surface area (Å²) in [6.45, 7) is 1.35. The lowest BCUT2D eigenvalue weighted by atomic mass is 10.1. The topological polar surface area (TPSA) is 38.7 Å². The van der Waals surface area contributed by atoms with Crippen LogP contribution in [0.1, 0.15) is 12.0 Å². The standard InChI is InChI=1S/C11H13ClO3/c12-9-3-2-8(4-5-13)10-11(9)15-7-1-6-14-10/h2-3,13H,1,4-7H2. The molecular formula is C11H13ClO3. The van der Waals surface area contributed by atoms with Crippen molar-refractivity contribution in [2.75, 3.05) is 19.8 Å². The lowest BCUT2D eigenvalue weighted by molar-refractivity contribution is 0.287. The van der Waals surface area contributed by atoms with Gasteiger partial charge in [0.1, 0.15) is 0 Å². The highest BCUT2D eigenvalue weighted by Gasteiger charge is 2.17. The lowest BCUT2D eigenvalue weighted by Gasteiger charge is -2.12. The summed E-state index contributed by atoms with van der Waals surface area (Å²) < 4.78 is 11.1. The smallest absolute Gasteiger partial charge is 0.180 e. The summed E-state index contributed by atoms with van der Waals surface area (Å²) >= 11 is 6.02. The van der Waals surface area contributed by atoms with Crippen molar-refractivity contribution >= 4 is 11.6 Å². The molecule has 1 aromatic carbocycles. The Morgan fingerprint density at radius 2 is 1.93 bits per heavy atom. The Hall–Kier alpha value is -0.930. The molecule has 0 aromatic heterocycles. The zero-order valence-corrected chi connectivity index (χ0v) is 9.09. The number of fused-ring (bicyclic) bond motifs is 1. The van der Waals surface area contributed by atoms with Crippen LogP contribution in [-0.4, -0.2) is 24.9 Å². The molecular weight excluding hydrogens is 216 g/mol. The molecule has 0 saturated heterocycles. The Labute approximate surface area is 93.6 Å². The van der Waals surface area contributed by atoms with E-state index in [1.807, 2.05) is 6.07 Å². The van der Waals surface area contributed by atoms with Gasteiger partial charge in [-0.25, -0.2) is 0 Å². The molecule has 0 radical (unpaired) electrons. The van der Waals surface area contributed by atoms with Crippen molar-refractivity contribution in [2.24, 2.45) is 0 Å². The van der Waals surface area contributed by atoms with Crippen molar-refractivity contribution in [1.29, 1.82) is 0 Å². The molecule has 0 fully saturated rings. The highest BCUT2D eigenvalue weighted by atomic mass is 35.5. The van der Waals surface area contributed by atoms with Crippen LogP contribution in [0.15, 0.2) is 12.1 Å². The third kappa shape index (κ3) is 2.19. The number of rotatable bonds is 2. The number of aliphatic hydroxyl groups is 1. The molecule has 1 heterocycles. The number of hydrogen-bond donors (Lipinski definition) is 1. The maximum Gasteiger partial charge on any atom is 0.180 e. The zero-order chi connectivity index (χ0) is 10.7. The van der Waals surface area contributed by atoms with Crippen molar-refractivity contribution < 1.29 is 14.6 Å². The van der Waals surface area contributed by atoms with Crippen LogP contribution in [0.25, 0.3) is 0 Å². The SMILES string of the molecule is OCCc1ccc(Cl)c2c1OCCCO2. The lowest BCUT2D eigenvalue weighted by Crippen LogP contribution is -2.00. The molecule has 0 amide bonds. The summed E-state index contributed by atoms with van der Waals surface area (Å²) in [7, 11) is 0. The summed E-state index contributed by atoms with van der Waals surface area (Å²) in [6, 6.07) is 3.64. The molecule has 2 rings (SSSR count). The molecule has 4 heteroatoms. The fourth-order valence-electron chi connectivity index (χ4n) is 1.60. The third-order valence-electron chi connectivity index (χ3n) is 2.31. The second-order valence-electron chi connectivity index (χ2n) is 3.39. The zero-order valence-electron chi connectivity index (χ0n) is 8.33. The van der Waals surface area contributed by atoms with Crippen LogP contribution in [0.4, 0.5) is 0 Å². The number of ether oxygens (including phenoxy) is 2. The van der Waals surface area contributed by atoms with Crippen LogP contribution in [-0.2, 0) is 6.42 Å². The van der Waals surface area contributed by atoms with E-state index in [4.69, 9.17) is 26.2 Å². The minimum Gasteiger partial charge on any atom is -0.489 e. The molecule has 1 aliphatic heterocycles. The molecule has 0 saturated carbocycles. The largest absolute Gasteiger partial charge is 0.489 e. The van der Waals surface area contributed by atoms with E-state index >= 15 is 0 Å². The molecule has 1 aromatic rings. The van der Waals surface area contributed by atoms with Crippen molar-refractivity contribution in [3.05, 3.63) is 22.7 Å². The van der Waals surface area contributed by atoms with Crippen LogP contribution in [0.2, 0.25) is 5.02 Å². The van der Waals surface area contributed by atoms with Gasteiger partial charge in [-0.2, -0.15) is 0 Å². The van der Waals surface area contributed by atoms with Crippen molar-refractivity contribution in [2.45, 2.75) is 12.8 Å². The normalized spacial score (nSPS) is 14.8. The first-order chi connectivity index (χ1) is 7.33. The first-order valence-corrected chi connectivity index (χ1v) is 5.38. The van der Waals surface area contributed by atoms with Gasteiger partial charge in [0.2, 0.25) is 0 Å². The van der Waals surface area contributed by atoms with Crippen molar-refractivity contribution in [3.63, 3.8) is 0 Å². The fourth-order valence-corrected chi connectivity index (χ4v) is 1.80. The molecule has 82 valence electrons. The van der Waals surface area contributed by atoms with E-state index in [0.717, 1.165) is 12.0 Å². The van der Waals surface area contributed by atoms with Gasteiger partial charge in [0.25, 0.3) is 0 Å². The van der Waals surface area contributed by atoms with Gasteiger partial charge in [0.05, 0.1) is 18.2 Å². The van der Waals surface area contributed by atoms with E-state index in [9.17, 15) is 0 Å². The van der Waals surface area contributed by atoms with Gasteiger partial charge in [0.15, 0.2) is 11.5 Å². The van der Waals surface area contributed by atoms with Gasteiger partial charge in [-0.3, -0.25) is 0 Å². The van der Waals surface area contributed by atoms with E-state index in [-0.39, 0.29) is 6.61 Å². The summed E-state index contributed by atoms with van der Waals surface area (Å²) in [5.41, 5.74) is 0.943. The van der Waals surface area contributed by atoms with Crippen LogP contribution in [0, 0.1) is 0 Å². The van der Waals surface area contributed by atoms with Crippen LogP contribution < -0.4 is 9.47 Å². The summed E-state index contributed by atoms with van der Waals surface area (Å²) in [5.74, 6) is 1.30. The van der Waals surface area contributed by atoms with Crippen molar-refractivity contribution in [3.8, 4) is 11.5 Å². The number of halogens is 1. The Bertz CT molecular complexity index is 352. The predicted octanol–water partition coefficient (Wildman–Crippen LogP) is 2.04. The highest BCUT2D eigenvalue weighted by molar-refractivity contribution is 6.32. The molecule has 0 spiro atoms. The van der Waals surface area contributed by atoms with E-state index in [1.54, 1.807) is 6.07 Å². The van der Waals surface area contributed by atoms with Gasteiger partial charge in [-0.1, -0.05) is 17.7 Å². The highest BCUT2D eigenvalue weighted by Crippen LogP contribution is 2.39. The monoisotopic (exact) mass is 228 g/mol. The first kappa shape index (κ1) is 10.6. The molecule has 0 atom stereocenters. The van der Waals surface area contributed by atoms with Gasteiger partial charge in [-0.15, -0.1) is 0 Å². The van der Waals surface area contributed by atoms with E-state index in [2.05, 4.69) is 0 Å². The second kappa shape index (κ2) is 4.73. The maximum absolute atomic E-state index is 8.93. The number of hydrogen-bond acceptors (Lipinski definition) is 3. The molecule has 0 bridgehead atoms. The molecule has 0 aliphatic carbocycles. The minimum absolute atomic E-state index is 0.0947. The first-order valence-electron chi connectivity index (χ1n) is 5.01. The molecule has 3 nitrogen and oxygen atoms in total. The van der Waals surface area contributed by atoms with E-state index < -0.39 is 0 Å². The van der Waals surface area contributed by atoms with Gasteiger partial charge >= 0.3 is 0 Å². The van der Waals surface area contributed by atoms with Gasteiger partial charge in [0, 0.05) is 18.6 Å². The van der Waals surface area contributed by atoms with Gasteiger partial charge < -0.3 is 14.6 Å². The maximum atomic E-state index is 8.93. The molecule has 1 N–H and O–H groups in total. The Morgan fingerprint density at radius 1 is 1.20 bits per heavy atom. The summed E-state index contributed by atoms with van der Waals surface area (Å²) in [6.07, 6.45) is 1.41. The molecule has 1 aliphatic rings. The second-order valence-corrected chi connectivity index (χ2v) is 3.80. The average Bonchev–Trinajstić information content (AvgIpc) is 2.48. The van der Waals surface area contributed by atoms with Crippen LogP contribution >= 0.6 is 11.6 Å². The average molecular weight is 229 g/mol. The predicted molar refractivity (Wildman–Crippen MR) is 57.8 cm³/mol. The number of aliphatic hydroxyl groups excluding tert-OH is 1. The summed E-state index contributed by atoms with van der Waals surface area (Å²) in [5, 5.41) is 9.50. The van der Waals surface area contributed by atoms with E-state index in [0.29, 0.717) is 36.2 Å². The Kier molecular flexibility index (Phi) is 3.34. The fraction of sp³-hybridized carbons (Fsp3) is 0.455. The minimum atomic E-state index is 0.0947. The van der Waals surface area contributed by atoms with Gasteiger partial charge in [-0.05, 0) is 12.5 Å². The Morgan fingerprint density at radius 3 is 2.67 bits per heavy atom. The number of benzene rings is 1. The Balaban J connectivity index is 2.41. The summed E-state index contributed by atoms with van der Waals surface area (Å²) in [4.78, 5) is 0. The quantitative estimate of drug-likeness (QED) is 0.842.